The number of carboxylic acids is 1. The number of carbonyl (C=O) groups is 5. The minimum Gasteiger partial charge on any atom is -0.493 e. The maximum Gasteiger partial charge on any atom is 0.373 e. The predicted octanol–water partition coefficient (Wildman–Crippen LogP) is 1.88. The first-order valence-electron chi connectivity index (χ1n) is 13.1. The second-order valence-electron chi connectivity index (χ2n) is 9.98. The number of carboxylic acid groups (broad SMARTS) is 1. The molecule has 0 bridgehead atoms. The summed E-state index contributed by atoms with van der Waals surface area (Å²) in [7, 11) is 4.24. The number of ether oxygens (including phenoxy) is 3. The van der Waals surface area contributed by atoms with Crippen LogP contribution in [0.15, 0.2) is 54.7 Å². The third-order valence-corrected chi connectivity index (χ3v) is 6.94. The van der Waals surface area contributed by atoms with Crippen LogP contribution in [0.5, 0.6) is 11.5 Å². The molecule has 0 saturated carbocycles. The lowest BCUT2D eigenvalue weighted by atomic mass is 9.86. The summed E-state index contributed by atoms with van der Waals surface area (Å²) >= 11 is 0. The van der Waals surface area contributed by atoms with Crippen molar-refractivity contribution in [3.63, 3.8) is 0 Å². The van der Waals surface area contributed by atoms with E-state index in [-0.39, 0.29) is 18.2 Å². The molecule has 0 spiro atoms. The lowest BCUT2D eigenvalue weighted by molar-refractivity contribution is -0.154. The molecule has 3 N–H and O–H groups in total. The molecule has 2 aromatic rings. The molecular formula is C30H35N3O9. The second kappa shape index (κ2) is 13.9. The van der Waals surface area contributed by atoms with E-state index in [1.165, 1.54) is 32.4 Å². The maximum atomic E-state index is 14.1. The van der Waals surface area contributed by atoms with Crippen molar-refractivity contribution in [3.8, 4) is 11.5 Å². The number of rotatable bonds is 13. The van der Waals surface area contributed by atoms with E-state index in [1.807, 2.05) is 0 Å². The van der Waals surface area contributed by atoms with E-state index < -0.39 is 53.9 Å². The van der Waals surface area contributed by atoms with Crippen molar-refractivity contribution in [3.05, 3.63) is 65.9 Å². The Hall–Kier alpha value is -4.55. The summed E-state index contributed by atoms with van der Waals surface area (Å²) in [5.41, 5.74) is 7.19. The van der Waals surface area contributed by atoms with Gasteiger partial charge in [-0.2, -0.15) is 0 Å². The molecule has 0 saturated heterocycles. The van der Waals surface area contributed by atoms with Crippen molar-refractivity contribution >= 4 is 35.0 Å². The van der Waals surface area contributed by atoms with Gasteiger partial charge in [-0.05, 0) is 29.7 Å². The van der Waals surface area contributed by atoms with Crippen molar-refractivity contribution < 1.29 is 43.3 Å². The fraction of sp³-hybridized carbons (Fsp3) is 0.367. The zero-order valence-electron chi connectivity index (χ0n) is 24.1. The molecule has 12 heteroatoms. The van der Waals surface area contributed by atoms with Gasteiger partial charge in [0.1, 0.15) is 18.6 Å². The molecule has 1 unspecified atom stereocenters. The SMILES string of the molecule is COCC(=O)N1C=C(c2ccc(OC)c(OC)c2)N(CC(=O)[C@@H](C(=O)C(=O)O)C(N)c2ccccc2)C(=O)[C@@H]1C(C)C. The van der Waals surface area contributed by atoms with Crippen LogP contribution in [0.1, 0.15) is 31.0 Å². The molecule has 2 amide bonds. The molecule has 0 fully saturated rings. The largest absolute Gasteiger partial charge is 0.493 e. The molecule has 0 radical (unpaired) electrons. The van der Waals surface area contributed by atoms with E-state index in [0.29, 0.717) is 22.6 Å². The molecule has 0 aromatic heterocycles. The van der Waals surface area contributed by atoms with Gasteiger partial charge < -0.3 is 34.9 Å². The summed E-state index contributed by atoms with van der Waals surface area (Å²) in [6.07, 6.45) is 1.44. The van der Waals surface area contributed by atoms with Gasteiger partial charge in [0.25, 0.3) is 17.6 Å². The summed E-state index contributed by atoms with van der Waals surface area (Å²) in [6.45, 7) is 2.50. The van der Waals surface area contributed by atoms with E-state index in [2.05, 4.69) is 0 Å². The standard InChI is InChI=1S/C30H35N3O9/c1-17(2)27-29(37)32(15-21(34)25(28(36)30(38)39)26(31)18-9-7-6-8-10-18)20(14-33(27)24(35)16-40-3)19-11-12-22(41-4)23(13-19)42-5/h6-14,17,25-27H,15-16,31H2,1-5H3,(H,38,39)/t25-,26?,27+/m1/s1. The third kappa shape index (κ3) is 6.67. The highest BCUT2D eigenvalue weighted by Crippen LogP contribution is 2.36. The quantitative estimate of drug-likeness (QED) is 0.263. The highest BCUT2D eigenvalue weighted by Gasteiger charge is 2.44. The Balaban J connectivity index is 2.16. The Kier molecular flexibility index (Phi) is 10.6. The highest BCUT2D eigenvalue weighted by molar-refractivity contribution is 6.38. The number of nitrogens with two attached hydrogens (primary N) is 1. The van der Waals surface area contributed by atoms with Crippen molar-refractivity contribution in [1.82, 2.24) is 9.80 Å². The minimum absolute atomic E-state index is 0.144. The number of ketones is 2. The number of hydrogen-bond acceptors (Lipinski definition) is 9. The van der Waals surface area contributed by atoms with Crippen molar-refractivity contribution in [2.24, 2.45) is 17.6 Å². The van der Waals surface area contributed by atoms with Crippen LogP contribution in [0.25, 0.3) is 5.70 Å². The number of nitrogens with zero attached hydrogens (tertiary/aromatic N) is 2. The van der Waals surface area contributed by atoms with E-state index in [1.54, 1.807) is 62.4 Å². The van der Waals surface area contributed by atoms with Crippen LogP contribution in [0.2, 0.25) is 0 Å². The van der Waals surface area contributed by atoms with Crippen LogP contribution in [0, 0.1) is 11.8 Å². The number of amides is 2. The summed E-state index contributed by atoms with van der Waals surface area (Å²) < 4.78 is 15.7. The second-order valence-corrected chi connectivity index (χ2v) is 9.98. The molecule has 42 heavy (non-hydrogen) atoms. The molecule has 3 atom stereocenters. The molecule has 1 aliphatic rings. The van der Waals surface area contributed by atoms with E-state index in [4.69, 9.17) is 19.9 Å². The first-order chi connectivity index (χ1) is 20.0. The van der Waals surface area contributed by atoms with E-state index in [0.717, 1.165) is 4.90 Å². The molecular weight excluding hydrogens is 546 g/mol. The molecule has 1 heterocycles. The Morgan fingerprint density at radius 1 is 0.976 bits per heavy atom. The normalized spacial score (nSPS) is 16.5. The maximum absolute atomic E-state index is 14.1. The zero-order valence-corrected chi connectivity index (χ0v) is 24.1. The average Bonchev–Trinajstić information content (AvgIpc) is 2.97. The molecule has 12 nitrogen and oxygen atoms in total. The van der Waals surface area contributed by atoms with Gasteiger partial charge >= 0.3 is 5.97 Å². The van der Waals surface area contributed by atoms with Crippen LogP contribution in [0.3, 0.4) is 0 Å². The van der Waals surface area contributed by atoms with Gasteiger partial charge in [0.05, 0.1) is 26.5 Å². The van der Waals surface area contributed by atoms with E-state index >= 15 is 0 Å². The predicted molar refractivity (Wildman–Crippen MR) is 151 cm³/mol. The van der Waals surface area contributed by atoms with Gasteiger partial charge in [-0.1, -0.05) is 44.2 Å². The van der Waals surface area contributed by atoms with Crippen molar-refractivity contribution in [2.75, 3.05) is 34.5 Å². The van der Waals surface area contributed by atoms with Gasteiger partial charge in [-0.25, -0.2) is 4.79 Å². The topological polar surface area (TPSA) is 166 Å². The monoisotopic (exact) mass is 581 g/mol. The van der Waals surface area contributed by atoms with Gasteiger partial charge in [0.15, 0.2) is 17.3 Å². The van der Waals surface area contributed by atoms with Gasteiger partial charge in [0, 0.05) is 24.9 Å². The zero-order chi connectivity index (χ0) is 31.1. The third-order valence-electron chi connectivity index (χ3n) is 6.94. The highest BCUT2D eigenvalue weighted by atomic mass is 16.5. The number of Topliss-reactive ketones (excluding diaryl/α,β-unsaturated/α-hetero) is 2. The first-order valence-corrected chi connectivity index (χ1v) is 13.1. The summed E-state index contributed by atoms with van der Waals surface area (Å²) in [5.74, 6) is -6.63. The Morgan fingerprint density at radius 3 is 2.17 bits per heavy atom. The Bertz CT molecular complexity index is 1370. The fourth-order valence-corrected chi connectivity index (χ4v) is 4.86. The first kappa shape index (κ1) is 32.0. The summed E-state index contributed by atoms with van der Waals surface area (Å²) in [4.78, 5) is 67.8. The number of aliphatic carboxylic acids is 1. The molecule has 3 rings (SSSR count). The Labute approximate surface area is 243 Å². The van der Waals surface area contributed by atoms with Gasteiger partial charge in [-0.15, -0.1) is 0 Å². The lowest BCUT2D eigenvalue weighted by Crippen LogP contribution is -2.57. The van der Waals surface area contributed by atoms with Gasteiger partial charge in [0.2, 0.25) is 0 Å². The van der Waals surface area contributed by atoms with Gasteiger partial charge in [-0.3, -0.25) is 19.2 Å². The number of benzene rings is 2. The van der Waals surface area contributed by atoms with E-state index in [9.17, 15) is 29.1 Å². The molecule has 1 aliphatic heterocycles. The van der Waals surface area contributed by atoms with Crippen molar-refractivity contribution in [2.45, 2.75) is 25.9 Å². The number of methoxy groups -OCH3 is 3. The number of hydrogen-bond donors (Lipinski definition) is 2. The lowest BCUT2D eigenvalue weighted by Gasteiger charge is -2.41. The van der Waals surface area contributed by atoms with Crippen LogP contribution in [-0.4, -0.2) is 84.8 Å². The minimum atomic E-state index is -1.82. The molecule has 2 aromatic carbocycles. The van der Waals surface area contributed by atoms with Crippen LogP contribution < -0.4 is 15.2 Å². The van der Waals surface area contributed by atoms with Crippen LogP contribution >= 0.6 is 0 Å². The summed E-state index contributed by atoms with van der Waals surface area (Å²) in [6, 6.07) is 10.6. The number of carbonyl (C=O) groups excluding carboxylic acids is 4. The molecule has 224 valence electrons. The van der Waals surface area contributed by atoms with Crippen LogP contribution in [0.4, 0.5) is 0 Å². The fourth-order valence-electron chi connectivity index (χ4n) is 4.86. The Morgan fingerprint density at radius 2 is 1.62 bits per heavy atom. The summed E-state index contributed by atoms with van der Waals surface area (Å²) in [5, 5.41) is 9.52. The molecule has 0 aliphatic carbocycles. The smallest absolute Gasteiger partial charge is 0.373 e. The van der Waals surface area contributed by atoms with Crippen molar-refractivity contribution in [1.29, 1.82) is 0 Å². The van der Waals surface area contributed by atoms with Crippen LogP contribution in [-0.2, 0) is 28.7 Å². The average molecular weight is 582 g/mol.